The first-order valence-electron chi connectivity index (χ1n) is 15.3. The van der Waals surface area contributed by atoms with Gasteiger partial charge in [0.2, 0.25) is 0 Å². The van der Waals surface area contributed by atoms with Crippen LogP contribution in [0.25, 0.3) is 10.2 Å². The number of carbonyl (C=O) groups is 2. The number of nitrogens with one attached hydrogen (secondary N) is 2. The minimum atomic E-state index is -1.01. The molecule has 3 aromatic rings. The van der Waals surface area contributed by atoms with Crippen LogP contribution < -0.4 is 21.3 Å². The average Bonchev–Trinajstić information content (AvgIpc) is 3.36. The summed E-state index contributed by atoms with van der Waals surface area (Å²) in [7, 11) is 0. The molecule has 0 spiro atoms. The number of aromatic carboxylic acids is 1. The van der Waals surface area contributed by atoms with E-state index in [-0.39, 0.29) is 16.8 Å². The van der Waals surface area contributed by atoms with Crippen molar-refractivity contribution in [3.63, 3.8) is 0 Å². The van der Waals surface area contributed by atoms with Gasteiger partial charge in [-0.15, -0.1) is 11.3 Å². The molecule has 1 atom stereocenters. The van der Waals surface area contributed by atoms with Crippen molar-refractivity contribution >= 4 is 44.9 Å². The number of benzene rings is 1. The van der Waals surface area contributed by atoms with Gasteiger partial charge in [-0.25, -0.2) is 9.78 Å². The topological polar surface area (TPSA) is 141 Å². The molecule has 5 rings (SSSR count). The Balaban J connectivity index is 1.12. The summed E-state index contributed by atoms with van der Waals surface area (Å²) in [5.41, 5.74) is 8.99. The SMILES string of the molecule is CCCc1cc(N2CCC(NCC(O)c3ccc(C(=O)NCC4CCCCC4)cc3)CC2)nc2sc(C(=O)O)c(N)c12. The molecule has 1 aliphatic heterocycles. The van der Waals surface area contributed by atoms with E-state index >= 15 is 0 Å². The molecule has 6 N–H and O–H groups in total. The number of fused-ring (bicyclic) bond motifs is 1. The summed E-state index contributed by atoms with van der Waals surface area (Å²) >= 11 is 1.15. The number of aliphatic hydroxyl groups excluding tert-OH is 1. The number of thiophene rings is 1. The monoisotopic (exact) mass is 593 g/mol. The summed E-state index contributed by atoms with van der Waals surface area (Å²) in [5.74, 6) is 0.393. The summed E-state index contributed by atoms with van der Waals surface area (Å²) in [4.78, 5) is 32.1. The smallest absolute Gasteiger partial charge is 0.348 e. The number of aliphatic hydroxyl groups is 1. The van der Waals surface area contributed by atoms with Crippen molar-refractivity contribution in [3.05, 3.63) is 51.9 Å². The van der Waals surface area contributed by atoms with Crippen LogP contribution in [0.1, 0.15) is 95.6 Å². The maximum absolute atomic E-state index is 12.6. The van der Waals surface area contributed by atoms with Crippen LogP contribution in [0, 0.1) is 5.92 Å². The zero-order chi connectivity index (χ0) is 29.6. The van der Waals surface area contributed by atoms with E-state index in [1.807, 2.05) is 12.1 Å². The number of rotatable bonds is 11. The Hall–Kier alpha value is -3.21. The van der Waals surface area contributed by atoms with Gasteiger partial charge in [0.05, 0.1) is 11.8 Å². The Labute approximate surface area is 251 Å². The number of anilines is 2. The van der Waals surface area contributed by atoms with Gasteiger partial charge < -0.3 is 31.5 Å². The number of amides is 1. The highest BCUT2D eigenvalue weighted by molar-refractivity contribution is 7.21. The van der Waals surface area contributed by atoms with E-state index in [0.29, 0.717) is 28.5 Å². The Morgan fingerprint density at radius 2 is 1.83 bits per heavy atom. The molecule has 0 radical (unpaired) electrons. The van der Waals surface area contributed by atoms with Crippen LogP contribution in [0.5, 0.6) is 0 Å². The number of carboxylic acid groups (broad SMARTS) is 1. The standard InChI is InChI=1S/C32H43N5O4S/c1-2-6-23-17-26(36-31-27(23)28(33)29(42-31)32(40)41)37-15-13-24(14-16-37)34-19-25(38)21-9-11-22(12-10-21)30(39)35-18-20-7-4-3-5-8-20/h9-12,17,20,24-25,34,38H,2-8,13-16,18-19,33H2,1H3,(H,35,39)(H,40,41). The number of pyridine rings is 1. The number of nitrogens with zero attached hydrogens (tertiary/aromatic N) is 2. The molecule has 9 nitrogen and oxygen atoms in total. The highest BCUT2D eigenvalue weighted by atomic mass is 32.1. The summed E-state index contributed by atoms with van der Waals surface area (Å²) in [5, 5.41) is 27.7. The summed E-state index contributed by atoms with van der Waals surface area (Å²) in [6.07, 6.45) is 9.12. The van der Waals surface area contributed by atoms with E-state index in [0.717, 1.165) is 79.0 Å². The summed E-state index contributed by atoms with van der Waals surface area (Å²) < 4.78 is 0. The summed E-state index contributed by atoms with van der Waals surface area (Å²) in [6.45, 7) is 4.91. The predicted molar refractivity (Wildman–Crippen MR) is 169 cm³/mol. The second kappa shape index (κ2) is 13.8. The number of carbonyl (C=O) groups excluding carboxylic acids is 1. The Bertz CT molecular complexity index is 1380. The molecule has 2 aromatic heterocycles. The average molecular weight is 594 g/mol. The number of aromatic nitrogens is 1. The van der Waals surface area contributed by atoms with E-state index in [2.05, 4.69) is 28.5 Å². The fourth-order valence-corrected chi connectivity index (χ4v) is 7.24. The number of hydrogen-bond acceptors (Lipinski definition) is 8. The maximum Gasteiger partial charge on any atom is 0.348 e. The van der Waals surface area contributed by atoms with Crippen molar-refractivity contribution in [3.8, 4) is 0 Å². The van der Waals surface area contributed by atoms with E-state index in [9.17, 15) is 19.8 Å². The number of hydrogen-bond donors (Lipinski definition) is 5. The first-order valence-corrected chi connectivity index (χ1v) is 16.2. The molecule has 2 aliphatic rings. The van der Waals surface area contributed by atoms with Gasteiger partial charge in [-0.2, -0.15) is 0 Å². The van der Waals surface area contributed by atoms with Gasteiger partial charge in [-0.05, 0) is 67.3 Å². The van der Waals surface area contributed by atoms with Gasteiger partial charge in [0.25, 0.3) is 5.91 Å². The third kappa shape index (κ3) is 7.04. The zero-order valence-corrected chi connectivity index (χ0v) is 25.2. The van der Waals surface area contributed by atoms with Crippen LogP contribution in [0.15, 0.2) is 30.3 Å². The molecular formula is C32H43N5O4S. The van der Waals surface area contributed by atoms with Crippen molar-refractivity contribution in [2.75, 3.05) is 36.8 Å². The second-order valence-corrected chi connectivity index (χ2v) is 12.7. The Kier molecular flexibility index (Phi) is 9.97. The molecular weight excluding hydrogens is 550 g/mol. The molecule has 2 fully saturated rings. The van der Waals surface area contributed by atoms with Crippen LogP contribution in [-0.2, 0) is 6.42 Å². The molecule has 1 saturated carbocycles. The van der Waals surface area contributed by atoms with Gasteiger partial charge in [-0.3, -0.25) is 4.79 Å². The number of aryl methyl sites for hydroxylation is 1. The minimum absolute atomic E-state index is 0.0492. The van der Waals surface area contributed by atoms with Crippen LogP contribution in [0.3, 0.4) is 0 Å². The molecule has 1 saturated heterocycles. The van der Waals surface area contributed by atoms with Gasteiger partial charge >= 0.3 is 5.97 Å². The van der Waals surface area contributed by atoms with E-state index < -0.39 is 12.1 Å². The van der Waals surface area contributed by atoms with Crippen molar-refractivity contribution in [1.82, 2.24) is 15.6 Å². The number of carboxylic acids is 1. The fourth-order valence-electron chi connectivity index (χ4n) is 6.27. The molecule has 1 unspecified atom stereocenters. The van der Waals surface area contributed by atoms with E-state index in [1.165, 1.54) is 32.1 Å². The van der Waals surface area contributed by atoms with E-state index in [1.54, 1.807) is 12.1 Å². The lowest BCUT2D eigenvalue weighted by molar-refractivity contribution is 0.0703. The largest absolute Gasteiger partial charge is 0.477 e. The molecule has 42 heavy (non-hydrogen) atoms. The van der Waals surface area contributed by atoms with E-state index in [4.69, 9.17) is 10.7 Å². The third-order valence-electron chi connectivity index (χ3n) is 8.73. The van der Waals surface area contributed by atoms with Gasteiger partial charge in [0.15, 0.2) is 0 Å². The molecule has 226 valence electrons. The van der Waals surface area contributed by atoms with Crippen molar-refractivity contribution in [1.29, 1.82) is 0 Å². The molecule has 0 bridgehead atoms. The number of nitrogen functional groups attached to an aromatic ring is 1. The highest BCUT2D eigenvalue weighted by Crippen LogP contribution is 2.37. The molecule has 1 amide bonds. The third-order valence-corrected chi connectivity index (χ3v) is 9.82. The zero-order valence-electron chi connectivity index (χ0n) is 24.4. The fraction of sp³-hybridized carbons (Fsp3) is 0.531. The molecule has 3 heterocycles. The lowest BCUT2D eigenvalue weighted by atomic mass is 9.89. The lowest BCUT2D eigenvalue weighted by Crippen LogP contribution is -2.44. The Morgan fingerprint density at radius 1 is 1.12 bits per heavy atom. The predicted octanol–water partition coefficient (Wildman–Crippen LogP) is 5.13. The summed E-state index contributed by atoms with van der Waals surface area (Å²) in [6, 6.07) is 9.61. The first kappa shape index (κ1) is 30.3. The van der Waals surface area contributed by atoms with Crippen molar-refractivity contribution in [2.45, 2.75) is 76.9 Å². The Morgan fingerprint density at radius 3 is 2.50 bits per heavy atom. The van der Waals surface area contributed by atoms with Crippen molar-refractivity contribution in [2.24, 2.45) is 5.92 Å². The van der Waals surface area contributed by atoms with Crippen LogP contribution in [-0.4, -0.2) is 59.3 Å². The first-order chi connectivity index (χ1) is 20.3. The van der Waals surface area contributed by atoms with Crippen molar-refractivity contribution < 1.29 is 19.8 Å². The van der Waals surface area contributed by atoms with Gasteiger partial charge in [0.1, 0.15) is 15.5 Å². The second-order valence-electron chi connectivity index (χ2n) is 11.7. The normalized spacial score (nSPS) is 17.4. The van der Waals surface area contributed by atoms with Gasteiger partial charge in [0, 0.05) is 43.2 Å². The molecule has 1 aromatic carbocycles. The molecule has 1 aliphatic carbocycles. The van der Waals surface area contributed by atoms with Crippen LogP contribution >= 0.6 is 11.3 Å². The van der Waals surface area contributed by atoms with Gasteiger partial charge in [-0.1, -0.05) is 44.7 Å². The minimum Gasteiger partial charge on any atom is -0.477 e. The molecule has 10 heteroatoms. The quantitative estimate of drug-likeness (QED) is 0.206. The highest BCUT2D eigenvalue weighted by Gasteiger charge is 2.24. The van der Waals surface area contributed by atoms with Crippen LogP contribution in [0.4, 0.5) is 11.5 Å². The lowest BCUT2D eigenvalue weighted by Gasteiger charge is -2.34. The number of piperidine rings is 1. The van der Waals surface area contributed by atoms with Crippen LogP contribution in [0.2, 0.25) is 0 Å². The number of nitrogens with two attached hydrogens (primary N) is 1. The maximum atomic E-state index is 12.6.